The van der Waals surface area contributed by atoms with Crippen molar-refractivity contribution in [1.82, 2.24) is 0 Å². The molecule has 1 aromatic carbocycles. The highest BCUT2D eigenvalue weighted by Crippen LogP contribution is 2.25. The van der Waals surface area contributed by atoms with Gasteiger partial charge in [-0.2, -0.15) is 0 Å². The fraction of sp³-hybridized carbons (Fsp3) is 0.333. The first kappa shape index (κ1) is 11.0. The van der Waals surface area contributed by atoms with Gasteiger partial charge < -0.3 is 4.84 Å². The Morgan fingerprint density at radius 2 is 2.23 bits per heavy atom. The van der Waals surface area contributed by atoms with Crippen molar-refractivity contribution in [2.75, 3.05) is 6.61 Å². The van der Waals surface area contributed by atoms with Crippen LogP contribution in [0.4, 0.5) is 0 Å². The van der Waals surface area contributed by atoms with E-state index in [4.69, 9.17) is 17.5 Å². The molecule has 1 aromatic rings. The van der Waals surface area contributed by atoms with Crippen molar-refractivity contribution in [3.05, 3.63) is 32.8 Å². The van der Waals surface area contributed by atoms with Crippen LogP contribution in [0.3, 0.4) is 0 Å². The van der Waals surface area contributed by atoms with E-state index >= 15 is 0 Å². The van der Waals surface area contributed by atoms with Crippen LogP contribution >= 0.6 is 27.5 Å². The first-order chi connectivity index (χ1) is 6.15. The molecule has 1 rings (SSSR count). The average molecular weight is 265 g/mol. The lowest BCUT2D eigenvalue weighted by Crippen LogP contribution is -2.04. The van der Waals surface area contributed by atoms with Crippen LogP contribution in [0.2, 0.25) is 5.02 Å². The maximum absolute atomic E-state index is 6.00. The molecule has 0 spiro atoms. The molecule has 0 amide bonds. The van der Waals surface area contributed by atoms with Crippen molar-refractivity contribution in [3.8, 4) is 0 Å². The third kappa shape index (κ3) is 2.95. The Kier molecular flexibility index (Phi) is 4.19. The zero-order chi connectivity index (χ0) is 9.84. The summed E-state index contributed by atoms with van der Waals surface area (Å²) in [5, 5.41) is 0.765. The van der Waals surface area contributed by atoms with Crippen LogP contribution in [-0.2, 0) is 11.3 Å². The van der Waals surface area contributed by atoms with Crippen LogP contribution in [0.25, 0.3) is 0 Å². The van der Waals surface area contributed by atoms with Gasteiger partial charge in [-0.3, -0.25) is 0 Å². The molecule has 72 valence electrons. The number of benzene rings is 1. The lowest BCUT2D eigenvalue weighted by atomic mass is 10.1. The Bertz CT molecular complexity index is 304. The molecule has 0 aliphatic heterocycles. The minimum Gasteiger partial charge on any atom is -0.304 e. The van der Waals surface area contributed by atoms with Gasteiger partial charge in [0.25, 0.3) is 0 Å². The molecule has 0 saturated carbocycles. The van der Waals surface area contributed by atoms with Crippen molar-refractivity contribution in [2.24, 2.45) is 5.90 Å². The van der Waals surface area contributed by atoms with Crippen molar-refractivity contribution in [3.63, 3.8) is 0 Å². The molecule has 2 N–H and O–H groups in total. The van der Waals surface area contributed by atoms with Gasteiger partial charge in [-0.1, -0.05) is 27.5 Å². The van der Waals surface area contributed by atoms with Gasteiger partial charge in [0.2, 0.25) is 0 Å². The molecule has 0 aliphatic carbocycles. The van der Waals surface area contributed by atoms with Crippen molar-refractivity contribution in [2.45, 2.75) is 13.3 Å². The third-order valence-corrected chi connectivity index (χ3v) is 2.76. The van der Waals surface area contributed by atoms with Gasteiger partial charge in [0.15, 0.2) is 0 Å². The Labute approximate surface area is 91.1 Å². The zero-order valence-electron chi connectivity index (χ0n) is 7.31. The van der Waals surface area contributed by atoms with Crippen molar-refractivity contribution in [1.29, 1.82) is 0 Å². The predicted molar refractivity (Wildman–Crippen MR) is 57.7 cm³/mol. The smallest absolute Gasteiger partial charge is 0.0719 e. The molecule has 0 unspecified atom stereocenters. The summed E-state index contributed by atoms with van der Waals surface area (Å²) in [6, 6.07) is 3.91. The topological polar surface area (TPSA) is 35.2 Å². The summed E-state index contributed by atoms with van der Waals surface area (Å²) in [4.78, 5) is 4.52. The summed E-state index contributed by atoms with van der Waals surface area (Å²) in [5.74, 6) is 4.96. The quantitative estimate of drug-likeness (QED) is 0.852. The van der Waals surface area contributed by atoms with Gasteiger partial charge in [-0.05, 0) is 36.6 Å². The fourth-order valence-corrected chi connectivity index (χ4v) is 2.00. The lowest BCUT2D eigenvalue weighted by Gasteiger charge is -2.07. The normalized spacial score (nSPS) is 10.5. The largest absolute Gasteiger partial charge is 0.304 e. The minimum absolute atomic E-state index is 0.508. The average Bonchev–Trinajstić information content (AvgIpc) is 2.09. The first-order valence-electron chi connectivity index (χ1n) is 3.91. The molecule has 0 fully saturated rings. The molecule has 0 aromatic heterocycles. The Morgan fingerprint density at radius 3 is 2.85 bits per heavy atom. The number of rotatable bonds is 3. The van der Waals surface area contributed by atoms with Crippen molar-refractivity contribution >= 4 is 27.5 Å². The predicted octanol–water partition coefficient (Wildman–Crippen LogP) is 2.84. The maximum Gasteiger partial charge on any atom is 0.0719 e. The number of halogens is 2. The van der Waals surface area contributed by atoms with Gasteiger partial charge in [0.05, 0.1) is 6.61 Å². The molecular weight excluding hydrogens is 253 g/mol. The summed E-state index contributed by atoms with van der Waals surface area (Å²) in [6.07, 6.45) is 0.779. The van der Waals surface area contributed by atoms with E-state index in [1.54, 1.807) is 0 Å². The molecule has 0 bridgehead atoms. The number of nitrogens with two attached hydrogens (primary N) is 1. The van der Waals surface area contributed by atoms with E-state index in [-0.39, 0.29) is 0 Å². The number of hydrogen-bond acceptors (Lipinski definition) is 2. The van der Waals surface area contributed by atoms with Gasteiger partial charge >= 0.3 is 0 Å². The van der Waals surface area contributed by atoms with E-state index in [1.165, 1.54) is 0 Å². The van der Waals surface area contributed by atoms with Crippen LogP contribution < -0.4 is 5.90 Å². The van der Waals surface area contributed by atoms with E-state index in [0.717, 1.165) is 27.0 Å². The fourth-order valence-electron chi connectivity index (χ4n) is 1.13. The molecule has 0 atom stereocenters. The molecule has 0 heterocycles. The summed E-state index contributed by atoms with van der Waals surface area (Å²) in [5.41, 5.74) is 2.24. The minimum atomic E-state index is 0.508. The second-order valence-electron chi connectivity index (χ2n) is 2.79. The number of hydrogen-bond donors (Lipinski definition) is 1. The van der Waals surface area contributed by atoms with Crippen molar-refractivity contribution < 1.29 is 4.84 Å². The standard InChI is InChI=1S/C9H11BrClNO/c1-6-7(2-3-13-12)4-8(10)5-9(6)11/h4-5H,2-3,12H2,1H3. The maximum atomic E-state index is 6.00. The van der Waals surface area contributed by atoms with E-state index in [2.05, 4.69) is 20.8 Å². The summed E-state index contributed by atoms with van der Waals surface area (Å²) < 4.78 is 0.982. The van der Waals surface area contributed by atoms with Gasteiger partial charge in [0, 0.05) is 9.50 Å². The monoisotopic (exact) mass is 263 g/mol. The van der Waals surface area contributed by atoms with Crippen LogP contribution in [0.15, 0.2) is 16.6 Å². The lowest BCUT2D eigenvalue weighted by molar-refractivity contribution is 0.141. The summed E-state index contributed by atoms with van der Waals surface area (Å²) in [6.45, 7) is 2.49. The molecule has 4 heteroatoms. The zero-order valence-corrected chi connectivity index (χ0v) is 9.65. The highest BCUT2D eigenvalue weighted by molar-refractivity contribution is 9.10. The molecule has 0 radical (unpaired) electrons. The molecule has 0 saturated heterocycles. The molecule has 0 aliphatic rings. The van der Waals surface area contributed by atoms with Crippen LogP contribution in [0.5, 0.6) is 0 Å². The van der Waals surface area contributed by atoms with Crippen LogP contribution in [-0.4, -0.2) is 6.61 Å². The third-order valence-electron chi connectivity index (χ3n) is 1.91. The van der Waals surface area contributed by atoms with E-state index in [1.807, 2.05) is 19.1 Å². The molecule has 13 heavy (non-hydrogen) atoms. The first-order valence-corrected chi connectivity index (χ1v) is 5.08. The van der Waals surface area contributed by atoms with Gasteiger partial charge in [0.1, 0.15) is 0 Å². The Hall–Kier alpha value is -0.0900. The highest BCUT2D eigenvalue weighted by atomic mass is 79.9. The molecule has 2 nitrogen and oxygen atoms in total. The molecular formula is C9H11BrClNO. The summed E-state index contributed by atoms with van der Waals surface area (Å²) in [7, 11) is 0. The Balaban J connectivity index is 2.92. The van der Waals surface area contributed by atoms with Crippen LogP contribution in [0.1, 0.15) is 11.1 Å². The van der Waals surface area contributed by atoms with Gasteiger partial charge in [-0.15, -0.1) is 0 Å². The van der Waals surface area contributed by atoms with E-state index in [9.17, 15) is 0 Å². The van der Waals surface area contributed by atoms with Gasteiger partial charge in [-0.25, -0.2) is 5.90 Å². The second-order valence-corrected chi connectivity index (χ2v) is 4.12. The summed E-state index contributed by atoms with van der Waals surface area (Å²) >= 11 is 9.38. The highest BCUT2D eigenvalue weighted by Gasteiger charge is 2.04. The van der Waals surface area contributed by atoms with E-state index in [0.29, 0.717) is 6.61 Å². The SMILES string of the molecule is Cc1c(Cl)cc(Br)cc1CCON. The second kappa shape index (κ2) is 4.96. The Morgan fingerprint density at radius 1 is 1.54 bits per heavy atom. The van der Waals surface area contributed by atoms with E-state index < -0.39 is 0 Å². The van der Waals surface area contributed by atoms with Crippen LogP contribution in [0, 0.1) is 6.92 Å².